The van der Waals surface area contributed by atoms with Crippen molar-refractivity contribution in [1.82, 2.24) is 4.90 Å². The molecular formula is C28H24ClNO8. The zero-order valence-corrected chi connectivity index (χ0v) is 21.5. The molecule has 9 nitrogen and oxygen atoms in total. The van der Waals surface area contributed by atoms with Gasteiger partial charge < -0.3 is 29.3 Å². The van der Waals surface area contributed by atoms with Gasteiger partial charge in [0.05, 0.1) is 49.1 Å². The molecule has 0 saturated carbocycles. The van der Waals surface area contributed by atoms with Crippen LogP contribution >= 0.6 is 11.6 Å². The molecule has 3 aromatic rings. The van der Waals surface area contributed by atoms with Crippen molar-refractivity contribution in [1.29, 1.82) is 0 Å². The minimum absolute atomic E-state index is 0.0236. The number of hydrogen-bond donors (Lipinski definition) is 2. The molecule has 0 aliphatic carbocycles. The van der Waals surface area contributed by atoms with Crippen molar-refractivity contribution < 1.29 is 38.8 Å². The summed E-state index contributed by atoms with van der Waals surface area (Å²) in [4.78, 5) is 39.3. The first kappa shape index (κ1) is 26.6. The van der Waals surface area contributed by atoms with Gasteiger partial charge >= 0.3 is 5.97 Å². The lowest BCUT2D eigenvalue weighted by molar-refractivity contribution is -0.140. The maximum Gasteiger partial charge on any atom is 0.335 e. The minimum Gasteiger partial charge on any atom is -0.507 e. The number of benzene rings is 3. The number of aliphatic hydroxyl groups is 1. The summed E-state index contributed by atoms with van der Waals surface area (Å²) in [6.07, 6.45) is 0. The highest BCUT2D eigenvalue weighted by Crippen LogP contribution is 2.44. The first-order valence-corrected chi connectivity index (χ1v) is 11.7. The summed E-state index contributed by atoms with van der Waals surface area (Å²) in [7, 11) is 4.28. The number of amides is 1. The predicted molar refractivity (Wildman–Crippen MR) is 139 cm³/mol. The molecular weight excluding hydrogens is 514 g/mol. The van der Waals surface area contributed by atoms with E-state index in [0.29, 0.717) is 16.9 Å². The van der Waals surface area contributed by atoms with E-state index in [2.05, 4.69) is 0 Å². The molecule has 38 heavy (non-hydrogen) atoms. The Labute approximate surface area is 223 Å². The average molecular weight is 538 g/mol. The molecule has 1 atom stereocenters. The van der Waals surface area contributed by atoms with E-state index in [1.165, 1.54) is 50.5 Å². The number of Topliss-reactive ketones (excluding diaryl/α,β-unsaturated/α-hetero) is 1. The molecule has 3 aromatic carbocycles. The van der Waals surface area contributed by atoms with Crippen LogP contribution in [0.1, 0.15) is 33.1 Å². The summed E-state index contributed by atoms with van der Waals surface area (Å²) in [5, 5.41) is 20.9. The number of carbonyl (C=O) groups is 3. The molecule has 196 valence electrons. The van der Waals surface area contributed by atoms with Gasteiger partial charge in [0, 0.05) is 12.6 Å². The van der Waals surface area contributed by atoms with Gasteiger partial charge in [-0.2, -0.15) is 0 Å². The van der Waals surface area contributed by atoms with Crippen molar-refractivity contribution in [2.45, 2.75) is 12.6 Å². The second kappa shape index (κ2) is 10.9. The van der Waals surface area contributed by atoms with Crippen molar-refractivity contribution in [3.05, 3.63) is 93.5 Å². The summed E-state index contributed by atoms with van der Waals surface area (Å²) in [6.45, 7) is -0.0236. The van der Waals surface area contributed by atoms with Gasteiger partial charge in [-0.25, -0.2) is 4.79 Å². The minimum atomic E-state index is -1.08. The van der Waals surface area contributed by atoms with Crippen LogP contribution in [0.2, 0.25) is 5.02 Å². The number of halogens is 1. The summed E-state index contributed by atoms with van der Waals surface area (Å²) in [6, 6.07) is 14.7. The number of methoxy groups -OCH3 is 3. The number of aliphatic hydroxyl groups excluding tert-OH is 1. The van der Waals surface area contributed by atoms with Crippen LogP contribution in [-0.4, -0.2) is 54.1 Å². The third-order valence-corrected chi connectivity index (χ3v) is 6.53. The Hall–Kier alpha value is -4.50. The van der Waals surface area contributed by atoms with Gasteiger partial charge in [0.25, 0.3) is 11.7 Å². The SMILES string of the molecule is COc1cccc(C2/C(=C(\O)c3cc(OC)c(Cl)cc3OC)C(=O)C(=O)N2Cc2ccc(C(=O)O)cc2)c1. The molecule has 0 aromatic heterocycles. The third kappa shape index (κ3) is 4.88. The van der Waals surface area contributed by atoms with E-state index >= 15 is 0 Å². The largest absolute Gasteiger partial charge is 0.507 e. The van der Waals surface area contributed by atoms with Gasteiger partial charge in [-0.3, -0.25) is 9.59 Å². The number of ether oxygens (including phenoxy) is 3. The Morgan fingerprint density at radius 1 is 0.921 bits per heavy atom. The molecule has 1 aliphatic heterocycles. The highest BCUT2D eigenvalue weighted by Gasteiger charge is 2.46. The number of carboxylic acid groups (broad SMARTS) is 1. The van der Waals surface area contributed by atoms with E-state index in [1.54, 1.807) is 36.4 Å². The van der Waals surface area contributed by atoms with Crippen LogP contribution in [-0.2, 0) is 16.1 Å². The molecule has 1 heterocycles. The quantitative estimate of drug-likeness (QED) is 0.241. The van der Waals surface area contributed by atoms with Gasteiger partial charge in [-0.1, -0.05) is 35.9 Å². The van der Waals surface area contributed by atoms with Crippen LogP contribution in [0.15, 0.2) is 66.2 Å². The summed E-state index contributed by atoms with van der Waals surface area (Å²) in [5.41, 5.74) is 1.16. The lowest BCUT2D eigenvalue weighted by atomic mass is 9.94. The average Bonchev–Trinajstić information content (AvgIpc) is 3.17. The summed E-state index contributed by atoms with van der Waals surface area (Å²) in [5.74, 6) is -2.38. The van der Waals surface area contributed by atoms with Crippen LogP contribution < -0.4 is 14.2 Å². The Morgan fingerprint density at radius 3 is 2.21 bits per heavy atom. The maximum absolute atomic E-state index is 13.4. The molecule has 1 amide bonds. The highest BCUT2D eigenvalue weighted by molar-refractivity contribution is 6.46. The Balaban J connectivity index is 1.90. The molecule has 10 heteroatoms. The summed E-state index contributed by atoms with van der Waals surface area (Å²) < 4.78 is 16.0. The lowest BCUT2D eigenvalue weighted by Crippen LogP contribution is -2.29. The fourth-order valence-electron chi connectivity index (χ4n) is 4.34. The van der Waals surface area contributed by atoms with E-state index < -0.39 is 29.5 Å². The van der Waals surface area contributed by atoms with E-state index in [1.807, 2.05) is 0 Å². The molecule has 1 unspecified atom stereocenters. The molecule has 1 fully saturated rings. The van der Waals surface area contributed by atoms with Crippen molar-refractivity contribution in [2.75, 3.05) is 21.3 Å². The standard InChI is InChI=1S/C28H24ClNO8/c1-36-18-6-4-5-17(11-18)24-23(25(31)19-12-22(38-3)20(29)13-21(19)37-2)26(32)27(33)30(24)14-15-7-9-16(10-8-15)28(34)35/h4-13,24,31H,14H2,1-3H3,(H,34,35)/b25-23+. The Kier molecular flexibility index (Phi) is 7.59. The van der Waals surface area contributed by atoms with Gasteiger partial charge in [0.1, 0.15) is 23.0 Å². The van der Waals surface area contributed by atoms with Crippen molar-refractivity contribution in [3.63, 3.8) is 0 Å². The normalized spacial score (nSPS) is 16.4. The Bertz CT molecular complexity index is 1450. The van der Waals surface area contributed by atoms with Crippen molar-refractivity contribution in [2.24, 2.45) is 0 Å². The zero-order valence-electron chi connectivity index (χ0n) is 20.7. The van der Waals surface area contributed by atoms with Crippen LogP contribution in [0.3, 0.4) is 0 Å². The topological polar surface area (TPSA) is 123 Å². The van der Waals surface area contributed by atoms with Crippen molar-refractivity contribution in [3.8, 4) is 17.2 Å². The zero-order chi connectivity index (χ0) is 27.6. The third-order valence-electron chi connectivity index (χ3n) is 6.23. The number of hydrogen-bond acceptors (Lipinski definition) is 7. The highest BCUT2D eigenvalue weighted by atomic mass is 35.5. The molecule has 1 saturated heterocycles. The number of carbonyl (C=O) groups excluding carboxylic acids is 2. The fraction of sp³-hybridized carbons (Fsp3) is 0.179. The number of nitrogens with zero attached hydrogens (tertiary/aromatic N) is 1. The maximum atomic E-state index is 13.4. The first-order chi connectivity index (χ1) is 18.2. The van der Waals surface area contributed by atoms with E-state index in [0.717, 1.165) is 0 Å². The van der Waals surface area contributed by atoms with Crippen LogP contribution in [0.5, 0.6) is 17.2 Å². The van der Waals surface area contributed by atoms with Gasteiger partial charge in [0.15, 0.2) is 0 Å². The summed E-state index contributed by atoms with van der Waals surface area (Å²) >= 11 is 6.22. The molecule has 0 spiro atoms. The number of ketones is 1. The van der Waals surface area contributed by atoms with Gasteiger partial charge in [0.2, 0.25) is 0 Å². The van der Waals surface area contributed by atoms with E-state index in [-0.39, 0.29) is 39.8 Å². The van der Waals surface area contributed by atoms with Crippen LogP contribution in [0, 0.1) is 0 Å². The van der Waals surface area contributed by atoms with E-state index in [9.17, 15) is 24.6 Å². The number of aromatic carboxylic acids is 1. The molecule has 1 aliphatic rings. The molecule has 0 bridgehead atoms. The number of rotatable bonds is 8. The first-order valence-electron chi connectivity index (χ1n) is 11.4. The Morgan fingerprint density at radius 2 is 1.61 bits per heavy atom. The fourth-order valence-corrected chi connectivity index (χ4v) is 4.57. The second-order valence-corrected chi connectivity index (χ2v) is 8.80. The molecule has 2 N–H and O–H groups in total. The second-order valence-electron chi connectivity index (χ2n) is 8.39. The number of carboxylic acids is 1. The van der Waals surface area contributed by atoms with Crippen LogP contribution in [0.4, 0.5) is 0 Å². The molecule has 4 rings (SSSR count). The van der Waals surface area contributed by atoms with Gasteiger partial charge in [-0.15, -0.1) is 0 Å². The predicted octanol–water partition coefficient (Wildman–Crippen LogP) is 4.69. The van der Waals surface area contributed by atoms with Gasteiger partial charge in [-0.05, 0) is 41.5 Å². The van der Waals surface area contributed by atoms with E-state index in [4.69, 9.17) is 25.8 Å². The lowest BCUT2D eigenvalue weighted by Gasteiger charge is -2.26. The van der Waals surface area contributed by atoms with Crippen molar-refractivity contribution >= 4 is 35.0 Å². The monoisotopic (exact) mass is 537 g/mol. The smallest absolute Gasteiger partial charge is 0.335 e. The van der Waals surface area contributed by atoms with Crippen LogP contribution in [0.25, 0.3) is 5.76 Å². The number of likely N-dealkylation sites (tertiary alicyclic amines) is 1. The molecule has 0 radical (unpaired) electrons.